The number of carbonyl (C=O) groups excluding carboxylic acids is 3. The third-order valence-electron chi connectivity index (χ3n) is 8.12. The number of aryl methyl sites for hydroxylation is 1. The second-order valence-electron chi connectivity index (χ2n) is 11.1. The first-order valence-corrected chi connectivity index (χ1v) is 14.8. The monoisotopic (exact) mass is 685 g/mol. The van der Waals surface area contributed by atoms with Crippen molar-refractivity contribution in [3.8, 4) is 11.1 Å². The Morgan fingerprint density at radius 1 is 1.10 bits per heavy atom. The van der Waals surface area contributed by atoms with E-state index >= 15 is 8.78 Å². The van der Waals surface area contributed by atoms with Gasteiger partial charge in [-0.1, -0.05) is 12.1 Å². The van der Waals surface area contributed by atoms with Gasteiger partial charge in [0.05, 0.1) is 33.4 Å². The average Bonchev–Trinajstić information content (AvgIpc) is 3.58. The molecule has 0 bridgehead atoms. The number of nitrogens with one attached hydrogen (secondary N) is 1. The number of pyridine rings is 1. The molecule has 6 rings (SSSR count). The summed E-state index contributed by atoms with van der Waals surface area (Å²) in [5.41, 5.74) is -2.21. The predicted molar refractivity (Wildman–Crippen MR) is 167 cm³/mol. The van der Waals surface area contributed by atoms with Crippen LogP contribution in [0.4, 0.5) is 27.6 Å². The maximum atomic E-state index is 15.0. The summed E-state index contributed by atoms with van der Waals surface area (Å²) in [6.45, 7) is -0.226. The van der Waals surface area contributed by atoms with Crippen LogP contribution in [0.5, 0.6) is 0 Å². The zero-order chi connectivity index (χ0) is 34.7. The smallest absolute Gasteiger partial charge is 0.377 e. The molecule has 4 heterocycles. The van der Waals surface area contributed by atoms with Gasteiger partial charge in [-0.25, -0.2) is 13.8 Å². The number of ether oxygens (including phenoxy) is 1. The number of anilines is 1. The van der Waals surface area contributed by atoms with Gasteiger partial charge in [0, 0.05) is 68.2 Å². The molecule has 15 heteroatoms. The van der Waals surface area contributed by atoms with Crippen LogP contribution in [-0.4, -0.2) is 56.5 Å². The van der Waals surface area contributed by atoms with Gasteiger partial charge in [0.25, 0.3) is 5.91 Å². The Bertz CT molecular complexity index is 2180. The molecular formula is C33H25ClF5N5O4. The van der Waals surface area contributed by atoms with Crippen LogP contribution in [0, 0.1) is 11.6 Å². The molecule has 2 aromatic carbocycles. The first kappa shape index (κ1) is 32.8. The highest BCUT2D eigenvalue weighted by atomic mass is 35.5. The zero-order valence-electron chi connectivity index (χ0n) is 25.5. The summed E-state index contributed by atoms with van der Waals surface area (Å²) in [7, 11) is 4.42. The number of hydrogen-bond donors (Lipinski definition) is 1. The molecule has 2 amide bonds. The fraction of sp³-hybridized carbons (Fsp3) is 0.212. The summed E-state index contributed by atoms with van der Waals surface area (Å²) in [4.78, 5) is 45.4. The molecule has 0 unspecified atom stereocenters. The van der Waals surface area contributed by atoms with Crippen molar-refractivity contribution >= 4 is 51.4 Å². The maximum absolute atomic E-state index is 15.0. The molecule has 1 N–H and O–H groups in total. The van der Waals surface area contributed by atoms with E-state index in [0.29, 0.717) is 18.0 Å². The van der Waals surface area contributed by atoms with Crippen molar-refractivity contribution in [1.82, 2.24) is 18.9 Å². The largest absolute Gasteiger partial charge is 0.417 e. The number of halogens is 6. The first-order chi connectivity index (χ1) is 22.8. The topological polar surface area (TPSA) is 97.9 Å². The van der Waals surface area contributed by atoms with E-state index in [0.717, 1.165) is 12.1 Å². The van der Waals surface area contributed by atoms with Crippen molar-refractivity contribution in [2.24, 2.45) is 7.05 Å². The van der Waals surface area contributed by atoms with Gasteiger partial charge < -0.3 is 23.9 Å². The van der Waals surface area contributed by atoms with Gasteiger partial charge in [0.1, 0.15) is 29.8 Å². The number of hydrogen-bond acceptors (Lipinski definition) is 5. The molecule has 0 atom stereocenters. The highest BCUT2D eigenvalue weighted by Crippen LogP contribution is 2.46. The van der Waals surface area contributed by atoms with Crippen LogP contribution < -0.4 is 5.32 Å². The van der Waals surface area contributed by atoms with Crippen molar-refractivity contribution < 1.29 is 41.1 Å². The van der Waals surface area contributed by atoms with E-state index in [9.17, 15) is 27.6 Å². The minimum atomic E-state index is -4.84. The lowest BCUT2D eigenvalue weighted by molar-refractivity contribution is -0.137. The molecule has 5 aromatic rings. The van der Waals surface area contributed by atoms with E-state index in [2.05, 4.69) is 4.98 Å². The normalized spacial score (nSPS) is 13.4. The molecule has 0 radical (unpaired) electrons. The molecule has 9 nitrogen and oxygen atoms in total. The molecule has 3 aromatic heterocycles. The minimum absolute atomic E-state index is 0.00699. The number of methoxy groups -OCH3 is 1. The second-order valence-corrected chi connectivity index (χ2v) is 11.4. The summed E-state index contributed by atoms with van der Waals surface area (Å²) in [6.07, 6.45) is -1.22. The molecule has 0 saturated heterocycles. The number of alkyl halides is 4. The standard InChI is InChI=1S/C33H25ClF5N5O4/c1-42-14-19-27(20(33(37,38)39)13-23-28(19)40-25(15-48-3)43(23)2)17-6-5-9-44-24(12-18(30(17)44)32(42)47)31(46)16-10-21(35)29(22(36)11-16)41-26(45)7-4-8-34/h4-7,9-13H,8,14-15H2,1-3H3,(H,41,45)/b7-4+. The van der Waals surface area contributed by atoms with Crippen molar-refractivity contribution in [1.29, 1.82) is 0 Å². The van der Waals surface area contributed by atoms with Gasteiger partial charge in [-0.15, -0.1) is 11.6 Å². The summed E-state index contributed by atoms with van der Waals surface area (Å²) in [5.74, 6) is -4.53. The first-order valence-electron chi connectivity index (χ1n) is 14.3. The van der Waals surface area contributed by atoms with Crippen molar-refractivity contribution in [2.75, 3.05) is 25.4 Å². The summed E-state index contributed by atoms with van der Waals surface area (Å²) in [5, 5.41) is 2.05. The number of carbonyl (C=O) groups is 3. The van der Waals surface area contributed by atoms with Crippen LogP contribution in [0.3, 0.4) is 0 Å². The number of rotatable bonds is 7. The molecule has 0 aliphatic carbocycles. The van der Waals surface area contributed by atoms with Crippen LogP contribution in [0.25, 0.3) is 27.7 Å². The summed E-state index contributed by atoms with van der Waals surface area (Å²) < 4.78 is 82.6. The third-order valence-corrected chi connectivity index (χ3v) is 8.30. The Balaban J connectivity index is 1.58. The Kier molecular flexibility index (Phi) is 8.33. The number of nitrogens with zero attached hydrogens (tertiary/aromatic N) is 4. The lowest BCUT2D eigenvalue weighted by Crippen LogP contribution is -2.28. The molecule has 48 heavy (non-hydrogen) atoms. The predicted octanol–water partition coefficient (Wildman–Crippen LogP) is 6.49. The fourth-order valence-electron chi connectivity index (χ4n) is 5.98. The Hall–Kier alpha value is -5.08. The van der Waals surface area contributed by atoms with Gasteiger partial charge >= 0.3 is 6.18 Å². The van der Waals surface area contributed by atoms with E-state index in [4.69, 9.17) is 16.3 Å². The Labute approximate surface area is 274 Å². The molecule has 0 fully saturated rings. The number of allylic oxidation sites excluding steroid dienone is 1. The van der Waals surface area contributed by atoms with Crippen LogP contribution >= 0.6 is 11.6 Å². The molecule has 0 saturated carbocycles. The number of ketones is 1. The van der Waals surface area contributed by atoms with Gasteiger partial charge in [-0.05, 0) is 30.3 Å². The van der Waals surface area contributed by atoms with Gasteiger partial charge in [0.2, 0.25) is 11.7 Å². The quantitative estimate of drug-likeness (QED) is 0.0915. The molecule has 248 valence electrons. The second kappa shape index (κ2) is 12.2. The van der Waals surface area contributed by atoms with Crippen molar-refractivity contribution in [3.05, 3.63) is 100 Å². The number of benzene rings is 2. The average molecular weight is 686 g/mol. The number of imidazole rings is 1. The van der Waals surface area contributed by atoms with Crippen molar-refractivity contribution in [3.63, 3.8) is 0 Å². The SMILES string of the molecule is COCc1nc2c3c(c(C(F)(F)F)cc2n1C)-c1cccn2c(C(=O)c4cc(F)c(NC(=O)/C=C/CCl)c(F)c4)cc(c12)C(=O)N(C)C3. The number of fused-ring (bicyclic) bond motifs is 4. The van der Waals surface area contributed by atoms with Gasteiger partial charge in [0.15, 0.2) is 0 Å². The zero-order valence-corrected chi connectivity index (χ0v) is 26.3. The lowest BCUT2D eigenvalue weighted by Gasteiger charge is -2.26. The fourth-order valence-corrected chi connectivity index (χ4v) is 6.07. The Morgan fingerprint density at radius 3 is 2.46 bits per heavy atom. The number of aromatic nitrogens is 3. The molecule has 0 spiro atoms. The molecule has 1 aliphatic heterocycles. The van der Waals surface area contributed by atoms with Crippen LogP contribution in [0.2, 0.25) is 0 Å². The molecular weight excluding hydrogens is 661 g/mol. The van der Waals surface area contributed by atoms with Gasteiger partial charge in [-0.3, -0.25) is 14.4 Å². The number of amides is 2. The van der Waals surface area contributed by atoms with Crippen LogP contribution in [0.15, 0.2) is 54.7 Å². The Morgan fingerprint density at radius 2 is 1.81 bits per heavy atom. The summed E-state index contributed by atoms with van der Waals surface area (Å²) in [6, 6.07) is 6.45. The van der Waals surface area contributed by atoms with Crippen molar-refractivity contribution in [2.45, 2.75) is 19.3 Å². The van der Waals surface area contributed by atoms with Gasteiger partial charge in [-0.2, -0.15) is 13.2 Å². The van der Waals surface area contributed by atoms with E-state index in [1.807, 2.05) is 5.32 Å². The van der Waals surface area contributed by atoms with E-state index in [1.54, 1.807) is 7.05 Å². The highest BCUT2D eigenvalue weighted by molar-refractivity contribution is 6.19. The minimum Gasteiger partial charge on any atom is -0.377 e. The maximum Gasteiger partial charge on any atom is 0.417 e. The van der Waals surface area contributed by atoms with E-state index in [-0.39, 0.29) is 63.5 Å². The van der Waals surface area contributed by atoms with Crippen LogP contribution in [-0.2, 0) is 35.9 Å². The highest BCUT2D eigenvalue weighted by Gasteiger charge is 2.39. The molecule has 1 aliphatic rings. The van der Waals surface area contributed by atoms with Crippen LogP contribution in [0.1, 0.15) is 43.4 Å². The lowest BCUT2D eigenvalue weighted by atomic mass is 9.90. The van der Waals surface area contributed by atoms with E-state index in [1.165, 1.54) is 58.5 Å². The third kappa shape index (κ3) is 5.40. The van der Waals surface area contributed by atoms with E-state index < -0.39 is 52.2 Å². The summed E-state index contributed by atoms with van der Waals surface area (Å²) >= 11 is 5.48.